The van der Waals surface area contributed by atoms with E-state index in [1.165, 1.54) is 31.4 Å². The van der Waals surface area contributed by atoms with Crippen LogP contribution in [0.25, 0.3) is 0 Å². The Bertz CT molecular complexity index is 790. The summed E-state index contributed by atoms with van der Waals surface area (Å²) in [5.41, 5.74) is -5.80. The van der Waals surface area contributed by atoms with Gasteiger partial charge in [-0.25, -0.2) is 0 Å². The van der Waals surface area contributed by atoms with Gasteiger partial charge >= 0.3 is 31.2 Å². The van der Waals surface area contributed by atoms with Gasteiger partial charge in [0.05, 0.1) is 17.7 Å². The van der Waals surface area contributed by atoms with Crippen molar-refractivity contribution in [2.75, 3.05) is 20.3 Å². The van der Waals surface area contributed by atoms with Crippen LogP contribution >= 0.6 is 8.58 Å². The Hall–Kier alpha value is -1.52. The van der Waals surface area contributed by atoms with Gasteiger partial charge in [0.25, 0.3) is 0 Å². The predicted octanol–water partition coefficient (Wildman–Crippen LogP) is 4.25. The molecule has 0 aliphatic rings. The Morgan fingerprint density at radius 2 is 1.41 bits per heavy atom. The summed E-state index contributed by atoms with van der Waals surface area (Å²) < 4.78 is 89.2. The zero-order valence-electron chi connectivity index (χ0n) is 14.4. The second kappa shape index (κ2) is 10.5. The number of ether oxygens (including phenoxy) is 2. The first kappa shape index (κ1) is 25.5. The molecule has 1 unspecified atom stereocenters. The number of methoxy groups -OCH3 is 1. The number of hydrogen-bond donors (Lipinski definition) is 0. The topological polar surface area (TPSA) is 35.5 Å². The van der Waals surface area contributed by atoms with Gasteiger partial charge in [-0.05, 0) is 38.2 Å². The summed E-state index contributed by atoms with van der Waals surface area (Å²) in [6.45, 7) is 0.612. The molecule has 0 amide bonds. The summed E-state index contributed by atoms with van der Waals surface area (Å²) in [5.74, 6) is 0.435. The fraction of sp³-hybridized carbons (Fsp3) is 0.278. The zero-order valence-corrected chi connectivity index (χ0v) is 15.4. The number of rotatable bonds is 7. The van der Waals surface area contributed by atoms with Gasteiger partial charge in [0.1, 0.15) is 12.4 Å². The quantitative estimate of drug-likeness (QED) is 0.284. The minimum atomic E-state index is -5.09. The Labute approximate surface area is 176 Å². The van der Waals surface area contributed by atoms with Crippen molar-refractivity contribution in [2.24, 2.45) is 0 Å². The van der Waals surface area contributed by atoms with Crippen LogP contribution in [0.5, 0.6) is 5.75 Å². The standard InChI is InChI=1S/C18H15F6O3P.Li.H/c1-26-9-10-27-11-5-7-12(8-6-11)28-16(25)15-13(17(19,20)21)3-2-4-14(15)18(22,23)24;;/h2-8,28H,9-10H2,1H3;;. The molecule has 1 atom stereocenters. The zero-order chi connectivity index (χ0) is 20.9. The van der Waals surface area contributed by atoms with Crippen LogP contribution in [0.4, 0.5) is 26.3 Å². The molecule has 0 aliphatic heterocycles. The number of carbonyl (C=O) groups excluding carboxylic acids is 1. The molecule has 11 heteroatoms. The summed E-state index contributed by atoms with van der Waals surface area (Å²) in [6, 6.07) is 7.37. The maximum atomic E-state index is 13.2. The fourth-order valence-electron chi connectivity index (χ4n) is 2.34. The molecule has 0 saturated carbocycles. The summed E-state index contributed by atoms with van der Waals surface area (Å²) in [7, 11) is 0.579. The van der Waals surface area contributed by atoms with Gasteiger partial charge in [-0.15, -0.1) is 0 Å². The number of halogens is 6. The normalized spacial score (nSPS) is 12.1. The van der Waals surface area contributed by atoms with E-state index in [2.05, 4.69) is 0 Å². The van der Waals surface area contributed by atoms with Crippen LogP contribution in [0.15, 0.2) is 42.5 Å². The molecule has 0 aromatic heterocycles. The van der Waals surface area contributed by atoms with Crippen molar-refractivity contribution < 1.29 is 40.6 Å². The van der Waals surface area contributed by atoms with Gasteiger partial charge in [-0.3, -0.25) is 4.79 Å². The average Bonchev–Trinajstić information content (AvgIpc) is 2.61. The molecule has 29 heavy (non-hydrogen) atoms. The first-order chi connectivity index (χ1) is 13.0. The summed E-state index contributed by atoms with van der Waals surface area (Å²) >= 11 is 0. The molecule has 0 heterocycles. The van der Waals surface area contributed by atoms with E-state index in [9.17, 15) is 31.1 Å². The Balaban J connectivity index is 0.00000420. The third-order valence-electron chi connectivity index (χ3n) is 3.57. The van der Waals surface area contributed by atoms with Gasteiger partial charge in [0.2, 0.25) is 0 Å². The van der Waals surface area contributed by atoms with Crippen LogP contribution in [-0.2, 0) is 17.1 Å². The second-order valence-corrected chi connectivity index (χ2v) is 6.82. The molecule has 0 fully saturated rings. The molecular weight excluding hydrogens is 416 g/mol. The van der Waals surface area contributed by atoms with Crippen molar-refractivity contribution in [3.63, 3.8) is 0 Å². The Kier molecular flexibility index (Phi) is 9.23. The summed E-state index contributed by atoms with van der Waals surface area (Å²) in [5, 5.41) is 0.286. The minimum absolute atomic E-state index is 0. The Morgan fingerprint density at radius 3 is 1.86 bits per heavy atom. The molecule has 0 N–H and O–H groups in total. The molecule has 154 valence electrons. The van der Waals surface area contributed by atoms with E-state index in [0.717, 1.165) is 0 Å². The van der Waals surface area contributed by atoms with Crippen LogP contribution in [0.1, 0.15) is 21.5 Å². The SMILES string of the molecule is COCCOc1ccc(PC(=O)c2c(C(F)(F)F)cccc2C(F)(F)F)cc1.[LiH]. The molecule has 0 aliphatic carbocycles. The molecule has 2 rings (SSSR count). The van der Waals surface area contributed by atoms with Crippen molar-refractivity contribution in [3.05, 3.63) is 59.2 Å². The summed E-state index contributed by atoms with van der Waals surface area (Å²) in [4.78, 5) is 12.4. The molecule has 2 aromatic carbocycles. The molecule has 0 radical (unpaired) electrons. The van der Waals surface area contributed by atoms with Crippen molar-refractivity contribution in [2.45, 2.75) is 12.4 Å². The third-order valence-corrected chi connectivity index (χ3v) is 4.67. The Morgan fingerprint density at radius 1 is 0.897 bits per heavy atom. The first-order valence-corrected chi connectivity index (χ1v) is 8.84. The monoisotopic (exact) mass is 432 g/mol. The van der Waals surface area contributed by atoms with E-state index in [-0.39, 0.29) is 30.8 Å². The molecule has 0 bridgehead atoms. The third kappa shape index (κ3) is 7.04. The second-order valence-electron chi connectivity index (χ2n) is 5.54. The van der Waals surface area contributed by atoms with Gasteiger partial charge in [0, 0.05) is 12.7 Å². The molecular formula is C18H16F6LiO3P. The van der Waals surface area contributed by atoms with Crippen LogP contribution < -0.4 is 10.0 Å². The predicted molar refractivity (Wildman–Crippen MR) is 99.7 cm³/mol. The maximum absolute atomic E-state index is 13.2. The van der Waals surface area contributed by atoms with Gasteiger partial charge in [-0.1, -0.05) is 18.2 Å². The molecule has 3 nitrogen and oxygen atoms in total. The van der Waals surface area contributed by atoms with E-state index in [1.54, 1.807) is 0 Å². The van der Waals surface area contributed by atoms with E-state index in [0.29, 0.717) is 30.6 Å². The van der Waals surface area contributed by atoms with Crippen LogP contribution in [0.2, 0.25) is 0 Å². The van der Waals surface area contributed by atoms with Crippen LogP contribution in [0.3, 0.4) is 0 Å². The van der Waals surface area contributed by atoms with E-state index < -0.39 is 43.1 Å². The van der Waals surface area contributed by atoms with E-state index >= 15 is 0 Å². The van der Waals surface area contributed by atoms with Crippen LogP contribution in [-0.4, -0.2) is 44.7 Å². The van der Waals surface area contributed by atoms with Crippen molar-refractivity contribution in [1.29, 1.82) is 0 Å². The number of benzene rings is 2. The fourth-order valence-corrected chi connectivity index (χ4v) is 3.33. The number of carbonyl (C=O) groups is 1. The van der Waals surface area contributed by atoms with Crippen molar-refractivity contribution >= 4 is 38.3 Å². The van der Waals surface area contributed by atoms with Gasteiger partial charge in [-0.2, -0.15) is 26.3 Å². The van der Waals surface area contributed by atoms with Crippen molar-refractivity contribution in [3.8, 4) is 5.75 Å². The average molecular weight is 432 g/mol. The summed E-state index contributed by atoms with van der Waals surface area (Å²) in [6.07, 6.45) is -10.2. The van der Waals surface area contributed by atoms with E-state index in [4.69, 9.17) is 9.47 Å². The van der Waals surface area contributed by atoms with E-state index in [1.807, 2.05) is 0 Å². The first-order valence-electron chi connectivity index (χ1n) is 7.84. The molecule has 0 saturated heterocycles. The van der Waals surface area contributed by atoms with Gasteiger partial charge < -0.3 is 9.47 Å². The molecule has 2 aromatic rings. The van der Waals surface area contributed by atoms with Gasteiger partial charge in [0.15, 0.2) is 5.52 Å². The number of alkyl halides is 6. The number of hydrogen-bond acceptors (Lipinski definition) is 3. The molecule has 0 spiro atoms. The van der Waals surface area contributed by atoms with Crippen molar-refractivity contribution in [1.82, 2.24) is 0 Å². The van der Waals surface area contributed by atoms with Crippen LogP contribution in [0, 0.1) is 0 Å².